The standard InChI is InChI=1S/C14H19N5O7.2C9H9N.C4H10/c20-10(1-2-12(22)23)16-5-11(21)19-9(3-8-4-15-7-18-8)14(26)17-6-13(24)25;2*1-7-6-10-9-5-3-2-4-8(7)9;1-4(2)3/h4,7,9H,1-3,5-6H2,(H,15,18)(H,16,20)(H,17,26)(H,19,21)(H,22,23)(H,24,25);2*2-6,10H,1H3;4H,1-3H3. The molecule has 1 atom stereocenters. The number of benzene rings is 2. The van der Waals surface area contributed by atoms with Gasteiger partial charge in [-0.2, -0.15) is 0 Å². The van der Waals surface area contributed by atoms with Gasteiger partial charge < -0.3 is 41.1 Å². The highest BCUT2D eigenvalue weighted by molar-refractivity contribution is 5.91. The highest BCUT2D eigenvalue weighted by atomic mass is 16.4. The lowest BCUT2D eigenvalue weighted by Crippen LogP contribution is -2.51. The predicted molar refractivity (Wildman–Crippen MR) is 191 cm³/mol. The number of H-pyrrole nitrogens is 3. The molecule has 14 heteroatoms. The molecule has 0 aliphatic heterocycles. The lowest BCUT2D eigenvalue weighted by atomic mass is 10.1. The third kappa shape index (κ3) is 15.3. The smallest absolute Gasteiger partial charge is 0.322 e. The zero-order chi connectivity index (χ0) is 37.1. The van der Waals surface area contributed by atoms with E-state index in [0.29, 0.717) is 5.69 Å². The van der Waals surface area contributed by atoms with Gasteiger partial charge >= 0.3 is 11.9 Å². The Hall–Kier alpha value is -5.92. The first-order chi connectivity index (χ1) is 23.8. The molecule has 0 bridgehead atoms. The van der Waals surface area contributed by atoms with Gasteiger partial charge in [-0.15, -0.1) is 0 Å². The van der Waals surface area contributed by atoms with Gasteiger partial charge in [0, 0.05) is 58.9 Å². The first-order valence-electron chi connectivity index (χ1n) is 16.1. The van der Waals surface area contributed by atoms with E-state index in [-0.39, 0.29) is 19.3 Å². The number of hydrogen-bond acceptors (Lipinski definition) is 6. The number of aryl methyl sites for hydroxylation is 2. The molecule has 5 rings (SSSR count). The first kappa shape index (κ1) is 40.3. The maximum atomic E-state index is 12.0. The molecule has 0 aliphatic rings. The fraction of sp³-hybridized carbons (Fsp3) is 0.333. The Morgan fingerprint density at radius 2 is 1.26 bits per heavy atom. The van der Waals surface area contributed by atoms with Crippen molar-refractivity contribution in [2.45, 2.75) is 59.9 Å². The van der Waals surface area contributed by atoms with Crippen molar-refractivity contribution in [3.05, 3.63) is 90.3 Å². The Morgan fingerprint density at radius 3 is 1.72 bits per heavy atom. The van der Waals surface area contributed by atoms with Crippen LogP contribution >= 0.6 is 0 Å². The van der Waals surface area contributed by atoms with E-state index in [1.54, 1.807) is 0 Å². The van der Waals surface area contributed by atoms with E-state index >= 15 is 0 Å². The van der Waals surface area contributed by atoms with E-state index < -0.39 is 48.8 Å². The average Bonchev–Trinajstić information content (AvgIpc) is 3.83. The van der Waals surface area contributed by atoms with E-state index in [4.69, 9.17) is 10.2 Å². The van der Waals surface area contributed by atoms with Crippen molar-refractivity contribution in [2.24, 2.45) is 5.92 Å². The highest BCUT2D eigenvalue weighted by Crippen LogP contribution is 2.16. The lowest BCUT2D eigenvalue weighted by molar-refractivity contribution is -0.139. The van der Waals surface area contributed by atoms with Gasteiger partial charge in [-0.3, -0.25) is 24.0 Å². The third-order valence-corrected chi connectivity index (χ3v) is 6.65. The number of fused-ring (bicyclic) bond motifs is 2. The second kappa shape index (κ2) is 21.1. The second-order valence-corrected chi connectivity index (χ2v) is 11.9. The van der Waals surface area contributed by atoms with Crippen LogP contribution in [0, 0.1) is 19.8 Å². The zero-order valence-electron chi connectivity index (χ0n) is 29.0. The molecule has 1 unspecified atom stereocenters. The maximum Gasteiger partial charge on any atom is 0.322 e. The Labute approximate surface area is 290 Å². The molecular formula is C36H47N7O7. The van der Waals surface area contributed by atoms with Crippen molar-refractivity contribution >= 4 is 51.5 Å². The second-order valence-electron chi connectivity index (χ2n) is 11.9. The molecule has 0 spiro atoms. The minimum absolute atomic E-state index is 0.0319. The number of nitrogens with zero attached hydrogens (tertiary/aromatic N) is 1. The van der Waals surface area contributed by atoms with Crippen LogP contribution in [0.2, 0.25) is 0 Å². The summed E-state index contributed by atoms with van der Waals surface area (Å²) in [6, 6.07) is 15.5. The largest absolute Gasteiger partial charge is 0.481 e. The molecule has 3 aromatic heterocycles. The number of carbonyl (C=O) groups excluding carboxylic acids is 3. The number of aromatic amines is 3. The summed E-state index contributed by atoms with van der Waals surface area (Å²) in [5.74, 6) is -3.57. The zero-order valence-corrected chi connectivity index (χ0v) is 29.0. The molecule has 0 fully saturated rings. The van der Waals surface area contributed by atoms with Crippen molar-refractivity contribution in [1.29, 1.82) is 0 Å². The first-order valence-corrected chi connectivity index (χ1v) is 16.1. The number of aromatic nitrogens is 4. The molecule has 0 aliphatic carbocycles. The Balaban J connectivity index is 0.000000289. The van der Waals surface area contributed by atoms with Gasteiger partial charge in [-0.1, -0.05) is 57.2 Å². The summed E-state index contributed by atoms with van der Waals surface area (Å²) in [6.45, 7) is 9.65. The van der Waals surface area contributed by atoms with Crippen LogP contribution in [0.5, 0.6) is 0 Å². The summed E-state index contributed by atoms with van der Waals surface area (Å²) in [4.78, 5) is 69.2. The molecule has 8 N–H and O–H groups in total. The molecule has 3 amide bonds. The molecule has 2 aromatic carbocycles. The fourth-order valence-corrected chi connectivity index (χ4v) is 4.28. The summed E-state index contributed by atoms with van der Waals surface area (Å²) < 4.78 is 0. The SMILES string of the molecule is CC(C)C.Cc1c[nH]c2ccccc12.Cc1c[nH]c2ccccc12.O=C(O)CCC(=O)NCC(=O)NC(Cc1cnc[nH]1)C(=O)NCC(=O)O. The van der Waals surface area contributed by atoms with Gasteiger partial charge in [0.05, 0.1) is 19.3 Å². The molecule has 50 heavy (non-hydrogen) atoms. The average molecular weight is 690 g/mol. The quantitative estimate of drug-likeness (QED) is 0.1000. The number of hydrogen-bond donors (Lipinski definition) is 8. The summed E-state index contributed by atoms with van der Waals surface area (Å²) in [7, 11) is 0. The van der Waals surface area contributed by atoms with Crippen molar-refractivity contribution in [3.8, 4) is 0 Å². The van der Waals surface area contributed by atoms with E-state index in [1.165, 1.54) is 45.5 Å². The molecule has 3 heterocycles. The number of para-hydroxylation sites is 2. The van der Waals surface area contributed by atoms with Gasteiger partial charge in [0.15, 0.2) is 0 Å². The fourth-order valence-electron chi connectivity index (χ4n) is 4.28. The minimum Gasteiger partial charge on any atom is -0.481 e. The molecule has 14 nitrogen and oxygen atoms in total. The minimum atomic E-state index is -1.24. The van der Waals surface area contributed by atoms with Gasteiger partial charge in [-0.25, -0.2) is 4.98 Å². The summed E-state index contributed by atoms with van der Waals surface area (Å²) >= 11 is 0. The van der Waals surface area contributed by atoms with Crippen molar-refractivity contribution < 1.29 is 34.2 Å². The van der Waals surface area contributed by atoms with Crippen LogP contribution in [0.3, 0.4) is 0 Å². The van der Waals surface area contributed by atoms with Gasteiger partial charge in [0.25, 0.3) is 0 Å². The Bertz CT molecular complexity index is 1730. The van der Waals surface area contributed by atoms with Gasteiger partial charge in [-0.05, 0) is 43.0 Å². The highest BCUT2D eigenvalue weighted by Gasteiger charge is 2.22. The third-order valence-electron chi connectivity index (χ3n) is 6.65. The Morgan fingerprint density at radius 1 is 0.720 bits per heavy atom. The van der Waals surface area contributed by atoms with E-state index in [2.05, 4.69) is 107 Å². The lowest BCUT2D eigenvalue weighted by Gasteiger charge is -2.17. The topological polar surface area (TPSA) is 222 Å². The molecular weight excluding hydrogens is 642 g/mol. The van der Waals surface area contributed by atoms with Crippen LogP contribution in [-0.4, -0.2) is 78.9 Å². The monoisotopic (exact) mass is 689 g/mol. The van der Waals surface area contributed by atoms with Crippen molar-refractivity contribution in [1.82, 2.24) is 35.9 Å². The Kier molecular flexibility index (Phi) is 17.0. The van der Waals surface area contributed by atoms with Crippen molar-refractivity contribution in [2.75, 3.05) is 13.1 Å². The molecule has 0 saturated heterocycles. The van der Waals surface area contributed by atoms with E-state index in [9.17, 15) is 24.0 Å². The summed E-state index contributed by atoms with van der Waals surface area (Å²) in [6.07, 6.45) is 6.27. The number of carbonyl (C=O) groups is 5. The summed E-state index contributed by atoms with van der Waals surface area (Å²) in [5.41, 5.74) is 5.61. The van der Waals surface area contributed by atoms with Crippen LogP contribution in [0.1, 0.15) is 50.4 Å². The van der Waals surface area contributed by atoms with Crippen LogP contribution in [0.4, 0.5) is 0 Å². The summed E-state index contributed by atoms with van der Waals surface area (Å²) in [5, 5.41) is 26.5. The number of imidazole rings is 1. The molecule has 5 aromatic rings. The van der Waals surface area contributed by atoms with Crippen LogP contribution in [0.25, 0.3) is 21.8 Å². The van der Waals surface area contributed by atoms with Gasteiger partial charge in [0.2, 0.25) is 17.7 Å². The maximum absolute atomic E-state index is 12.0. The predicted octanol–water partition coefficient (Wildman–Crippen LogP) is 4.23. The molecule has 0 saturated carbocycles. The number of rotatable bonds is 11. The number of nitrogens with one attached hydrogen (secondary N) is 6. The van der Waals surface area contributed by atoms with Gasteiger partial charge in [0.1, 0.15) is 12.6 Å². The van der Waals surface area contributed by atoms with E-state index in [1.807, 2.05) is 24.5 Å². The number of amides is 3. The van der Waals surface area contributed by atoms with Crippen molar-refractivity contribution in [3.63, 3.8) is 0 Å². The number of carboxylic acid groups (broad SMARTS) is 2. The number of carboxylic acids is 2. The molecule has 268 valence electrons. The number of aliphatic carboxylic acids is 2. The van der Waals surface area contributed by atoms with Crippen LogP contribution in [0.15, 0.2) is 73.4 Å². The van der Waals surface area contributed by atoms with Crippen LogP contribution < -0.4 is 16.0 Å². The van der Waals surface area contributed by atoms with Crippen LogP contribution in [-0.2, 0) is 30.4 Å². The molecule has 0 radical (unpaired) electrons. The van der Waals surface area contributed by atoms with E-state index in [0.717, 1.165) is 5.92 Å². The normalized spacial score (nSPS) is 10.8.